The van der Waals surface area contributed by atoms with E-state index in [-0.39, 0.29) is 38.6 Å². The van der Waals surface area contributed by atoms with Crippen LogP contribution in [0.4, 0.5) is 0 Å². The fourth-order valence-electron chi connectivity index (χ4n) is 9.94. The van der Waals surface area contributed by atoms with Gasteiger partial charge in [-0.25, -0.2) is 4.57 Å². The van der Waals surface area contributed by atoms with Gasteiger partial charge < -0.3 is 20.1 Å². The lowest BCUT2D eigenvalue weighted by atomic mass is 10.0. The van der Waals surface area contributed by atoms with Crippen LogP contribution in [0.15, 0.2) is 48.6 Å². The molecule has 0 fully saturated rings. The number of phosphoric ester groups is 1. The lowest BCUT2D eigenvalue weighted by Crippen LogP contribution is -2.29. The molecule has 0 aromatic heterocycles. The van der Waals surface area contributed by atoms with E-state index in [1.807, 2.05) is 0 Å². The van der Waals surface area contributed by atoms with Gasteiger partial charge in [-0.3, -0.25) is 18.6 Å². The minimum absolute atomic E-state index is 0.0525. The number of phosphoric acid groups is 1. The molecule has 0 aliphatic heterocycles. The molecule has 0 amide bonds. The molecule has 0 aliphatic rings. The van der Waals surface area contributed by atoms with Gasteiger partial charge in [0.25, 0.3) is 0 Å². The van der Waals surface area contributed by atoms with Gasteiger partial charge in [0.2, 0.25) is 0 Å². The molecule has 10 heteroatoms. The van der Waals surface area contributed by atoms with Crippen molar-refractivity contribution in [3.8, 4) is 0 Å². The van der Waals surface area contributed by atoms with Crippen molar-refractivity contribution in [3.63, 3.8) is 0 Å². The van der Waals surface area contributed by atoms with Crippen LogP contribution in [0.25, 0.3) is 0 Å². The third-order valence-corrected chi connectivity index (χ3v) is 15.9. The molecule has 0 aromatic rings. The molecular weight excluding hydrogens is 990 g/mol. The van der Waals surface area contributed by atoms with Crippen LogP contribution < -0.4 is 5.73 Å². The second-order valence-electron chi connectivity index (χ2n) is 22.7. The van der Waals surface area contributed by atoms with Crippen molar-refractivity contribution < 1.29 is 37.6 Å². The van der Waals surface area contributed by atoms with Gasteiger partial charge in [-0.15, -0.1) is 0 Å². The van der Waals surface area contributed by atoms with Gasteiger partial charge in [-0.05, 0) is 77.0 Å². The Balaban J connectivity index is 3.73. The summed E-state index contributed by atoms with van der Waals surface area (Å²) in [7, 11) is -4.39. The lowest BCUT2D eigenvalue weighted by Gasteiger charge is -2.19. The molecule has 2 atom stereocenters. The lowest BCUT2D eigenvalue weighted by molar-refractivity contribution is -0.161. The molecule has 78 heavy (non-hydrogen) atoms. The second kappa shape index (κ2) is 64.1. The van der Waals surface area contributed by atoms with Gasteiger partial charge in [0, 0.05) is 19.4 Å². The average Bonchev–Trinajstić information content (AvgIpc) is 3.43. The van der Waals surface area contributed by atoms with Crippen LogP contribution in [0.5, 0.6) is 0 Å². The molecule has 0 saturated heterocycles. The molecule has 0 heterocycles. The summed E-state index contributed by atoms with van der Waals surface area (Å²) in [6, 6.07) is 0. The van der Waals surface area contributed by atoms with Gasteiger partial charge >= 0.3 is 19.8 Å². The van der Waals surface area contributed by atoms with Gasteiger partial charge in [0.05, 0.1) is 13.2 Å². The molecule has 0 bridgehead atoms. The number of unbranched alkanes of at least 4 members (excludes halogenated alkanes) is 43. The van der Waals surface area contributed by atoms with E-state index in [1.165, 1.54) is 244 Å². The van der Waals surface area contributed by atoms with E-state index in [4.69, 9.17) is 24.3 Å². The Bertz CT molecular complexity index is 1420. The molecule has 0 saturated carbocycles. The molecule has 458 valence electrons. The highest BCUT2D eigenvalue weighted by molar-refractivity contribution is 7.47. The Morgan fingerprint density at radius 3 is 0.987 bits per heavy atom. The van der Waals surface area contributed by atoms with Gasteiger partial charge in [0.15, 0.2) is 6.10 Å². The number of carbonyl (C=O) groups excluding carboxylic acids is 2. The maximum Gasteiger partial charge on any atom is 0.472 e. The third-order valence-electron chi connectivity index (χ3n) is 14.9. The zero-order valence-electron chi connectivity index (χ0n) is 51.4. The number of nitrogens with two attached hydrogens (primary N) is 1. The molecular formula is C68H128NO8P. The Morgan fingerprint density at radius 2 is 0.667 bits per heavy atom. The standard InChI is InChI=1S/C68H128NO8P/c1-3-5-7-9-11-13-15-17-19-21-22-23-24-25-26-27-28-29-30-31-32-33-34-35-36-37-38-39-40-41-42-43-44-45-47-49-51-53-55-57-59-61-68(71)77-66(65-76-78(72,73)75-63-62-69)64-74-67(70)60-58-56-54-52-50-48-46-20-18-16-14-12-10-8-6-4-2/h14-17,20-22,46,66H,3-13,18-19,23-45,47-65,69H2,1-2H3,(H,72,73)/b16-14-,17-15-,22-21-,46-20-. The van der Waals surface area contributed by atoms with Gasteiger partial charge in [0.1, 0.15) is 6.61 Å². The molecule has 0 aliphatic carbocycles. The summed E-state index contributed by atoms with van der Waals surface area (Å²) in [5.41, 5.74) is 5.39. The molecule has 0 aromatic carbocycles. The van der Waals surface area contributed by atoms with Crippen LogP contribution in [0.3, 0.4) is 0 Å². The number of allylic oxidation sites excluding steroid dienone is 8. The number of rotatable bonds is 64. The van der Waals surface area contributed by atoms with Crippen LogP contribution in [0.1, 0.15) is 341 Å². The predicted molar refractivity (Wildman–Crippen MR) is 335 cm³/mol. The highest BCUT2D eigenvalue weighted by Crippen LogP contribution is 2.43. The first-order valence-electron chi connectivity index (χ1n) is 33.6. The number of hydrogen-bond acceptors (Lipinski definition) is 8. The van der Waals surface area contributed by atoms with E-state index in [0.29, 0.717) is 6.42 Å². The number of carbonyl (C=O) groups is 2. The van der Waals surface area contributed by atoms with Crippen molar-refractivity contribution in [2.75, 3.05) is 26.4 Å². The molecule has 9 nitrogen and oxygen atoms in total. The molecule has 3 N–H and O–H groups in total. The summed E-state index contributed by atoms with van der Waals surface area (Å²) in [6.45, 7) is 3.74. The first-order valence-corrected chi connectivity index (χ1v) is 35.1. The van der Waals surface area contributed by atoms with E-state index in [0.717, 1.165) is 64.2 Å². The van der Waals surface area contributed by atoms with E-state index >= 15 is 0 Å². The quantitative estimate of drug-likeness (QED) is 0.0264. The fraction of sp³-hybridized carbons (Fsp3) is 0.853. The van der Waals surface area contributed by atoms with Crippen molar-refractivity contribution in [2.45, 2.75) is 347 Å². The highest BCUT2D eigenvalue weighted by Gasteiger charge is 2.26. The molecule has 0 radical (unpaired) electrons. The highest BCUT2D eigenvalue weighted by atomic mass is 31.2. The molecule has 0 spiro atoms. The summed E-state index contributed by atoms with van der Waals surface area (Å²) < 4.78 is 33.1. The maximum atomic E-state index is 12.7. The zero-order chi connectivity index (χ0) is 56.6. The van der Waals surface area contributed by atoms with E-state index in [2.05, 4.69) is 62.5 Å². The summed E-state index contributed by atoms with van der Waals surface area (Å²) in [5.74, 6) is -0.829. The predicted octanol–water partition coefficient (Wildman–Crippen LogP) is 21.7. The Morgan fingerprint density at radius 1 is 0.385 bits per heavy atom. The minimum atomic E-state index is -4.39. The average molecular weight is 1120 g/mol. The summed E-state index contributed by atoms with van der Waals surface area (Å²) in [6.07, 6.45) is 80.8. The summed E-state index contributed by atoms with van der Waals surface area (Å²) in [5, 5.41) is 0. The third kappa shape index (κ3) is 63.2. The number of esters is 2. The first kappa shape index (κ1) is 76.0. The summed E-state index contributed by atoms with van der Waals surface area (Å²) in [4.78, 5) is 35.2. The van der Waals surface area contributed by atoms with Crippen LogP contribution in [-0.2, 0) is 32.7 Å². The SMILES string of the molecule is CCCCCC/C=C\C/C=C\CCCCCCCC(=O)OCC(COP(=O)(O)OCCN)OC(=O)CCCCCCCCCCCCCCCCCCCCCCCCCCCCCCC/C=C\C/C=C\CCCCCCC. The number of hydrogen-bond donors (Lipinski definition) is 2. The van der Waals surface area contributed by atoms with Crippen molar-refractivity contribution in [3.05, 3.63) is 48.6 Å². The monoisotopic (exact) mass is 1120 g/mol. The topological polar surface area (TPSA) is 134 Å². The largest absolute Gasteiger partial charge is 0.472 e. The maximum absolute atomic E-state index is 12.7. The minimum Gasteiger partial charge on any atom is -0.462 e. The zero-order valence-corrected chi connectivity index (χ0v) is 52.3. The van der Waals surface area contributed by atoms with E-state index in [9.17, 15) is 19.0 Å². The summed E-state index contributed by atoms with van der Waals surface area (Å²) >= 11 is 0. The van der Waals surface area contributed by atoms with Crippen molar-refractivity contribution in [1.29, 1.82) is 0 Å². The van der Waals surface area contributed by atoms with E-state index < -0.39 is 26.5 Å². The van der Waals surface area contributed by atoms with Crippen molar-refractivity contribution in [2.24, 2.45) is 5.73 Å². The second-order valence-corrected chi connectivity index (χ2v) is 24.1. The van der Waals surface area contributed by atoms with Crippen LogP contribution in [0.2, 0.25) is 0 Å². The Labute approximate surface area is 483 Å². The van der Waals surface area contributed by atoms with Gasteiger partial charge in [-0.1, -0.05) is 300 Å². The van der Waals surface area contributed by atoms with Crippen LogP contribution >= 0.6 is 7.82 Å². The fourth-order valence-corrected chi connectivity index (χ4v) is 10.7. The van der Waals surface area contributed by atoms with Gasteiger partial charge in [-0.2, -0.15) is 0 Å². The van der Waals surface area contributed by atoms with Crippen LogP contribution in [0, 0.1) is 0 Å². The number of ether oxygens (including phenoxy) is 2. The van der Waals surface area contributed by atoms with E-state index in [1.54, 1.807) is 0 Å². The molecule has 2 unspecified atom stereocenters. The Kier molecular flexibility index (Phi) is 62.5. The van der Waals surface area contributed by atoms with Crippen molar-refractivity contribution in [1.82, 2.24) is 0 Å². The molecule has 0 rings (SSSR count). The Hall–Kier alpha value is -2.03. The van der Waals surface area contributed by atoms with Crippen molar-refractivity contribution >= 4 is 19.8 Å². The normalized spacial score (nSPS) is 13.2. The van der Waals surface area contributed by atoms with Crippen LogP contribution in [-0.4, -0.2) is 49.3 Å². The first-order chi connectivity index (χ1) is 38.3. The smallest absolute Gasteiger partial charge is 0.462 e.